The van der Waals surface area contributed by atoms with Crippen LogP contribution in [0.3, 0.4) is 0 Å². The Morgan fingerprint density at radius 3 is 2.95 bits per heavy atom. The van der Waals surface area contributed by atoms with Crippen LogP contribution in [0.2, 0.25) is 0 Å². The third-order valence-electron chi connectivity index (χ3n) is 3.20. The summed E-state index contributed by atoms with van der Waals surface area (Å²) in [5.74, 6) is 1.81. The van der Waals surface area contributed by atoms with E-state index < -0.39 is 0 Å². The van der Waals surface area contributed by atoms with Crippen LogP contribution in [0.15, 0.2) is 27.6 Å². The van der Waals surface area contributed by atoms with Crippen molar-refractivity contribution in [2.75, 3.05) is 17.3 Å². The van der Waals surface area contributed by atoms with E-state index in [2.05, 4.69) is 52.9 Å². The average molecular weight is 339 g/mol. The van der Waals surface area contributed by atoms with E-state index in [9.17, 15) is 0 Å². The number of hydrogen-bond donors (Lipinski definition) is 1. The lowest BCUT2D eigenvalue weighted by Gasteiger charge is -2.24. The molecule has 1 aliphatic carbocycles. The number of nitrogens with zero attached hydrogens (tertiary/aromatic N) is 3. The molecule has 0 amide bonds. The molecule has 0 bridgehead atoms. The monoisotopic (exact) mass is 338 g/mol. The van der Waals surface area contributed by atoms with Crippen molar-refractivity contribution >= 4 is 38.9 Å². The Kier molecular flexibility index (Phi) is 3.70. The minimum absolute atomic E-state index is 0.607. The molecule has 3 rings (SSSR count). The lowest BCUT2D eigenvalue weighted by molar-refractivity contribution is 0.774. The van der Waals surface area contributed by atoms with E-state index in [4.69, 9.17) is 0 Å². The minimum atomic E-state index is 0.607. The molecule has 19 heavy (non-hydrogen) atoms. The van der Waals surface area contributed by atoms with Crippen molar-refractivity contribution in [1.29, 1.82) is 0 Å². The summed E-state index contributed by atoms with van der Waals surface area (Å²) in [5.41, 5.74) is 1.34. The van der Waals surface area contributed by atoms with E-state index in [1.165, 1.54) is 18.4 Å². The van der Waals surface area contributed by atoms with E-state index in [0.717, 1.165) is 22.7 Å². The number of aromatic nitrogens is 2. The van der Waals surface area contributed by atoms with Crippen LogP contribution < -0.4 is 10.2 Å². The predicted octanol–water partition coefficient (Wildman–Crippen LogP) is 3.51. The normalized spacial score (nSPS) is 14.4. The maximum absolute atomic E-state index is 4.46. The largest absolute Gasteiger partial charge is 0.372 e. The van der Waals surface area contributed by atoms with Crippen LogP contribution >= 0.6 is 27.3 Å². The zero-order valence-corrected chi connectivity index (χ0v) is 13.0. The van der Waals surface area contributed by atoms with Gasteiger partial charge in [-0.3, -0.25) is 0 Å². The third-order valence-corrected chi connectivity index (χ3v) is 4.66. The van der Waals surface area contributed by atoms with Crippen LogP contribution in [0.5, 0.6) is 0 Å². The molecule has 2 aromatic heterocycles. The highest BCUT2D eigenvalue weighted by atomic mass is 79.9. The smallest absolute Gasteiger partial charge is 0.149 e. The first-order chi connectivity index (χ1) is 9.29. The molecule has 2 aromatic rings. The summed E-state index contributed by atoms with van der Waals surface area (Å²) in [4.78, 5) is 11.1. The van der Waals surface area contributed by atoms with Crippen LogP contribution in [-0.4, -0.2) is 23.1 Å². The van der Waals surface area contributed by atoms with Gasteiger partial charge in [0.25, 0.3) is 0 Å². The minimum Gasteiger partial charge on any atom is -0.372 e. The molecule has 0 aromatic carbocycles. The highest BCUT2D eigenvalue weighted by molar-refractivity contribution is 9.10. The van der Waals surface area contributed by atoms with E-state index in [-0.39, 0.29) is 0 Å². The van der Waals surface area contributed by atoms with Gasteiger partial charge in [0, 0.05) is 19.6 Å². The van der Waals surface area contributed by atoms with Gasteiger partial charge in [0.15, 0.2) is 0 Å². The van der Waals surface area contributed by atoms with Gasteiger partial charge in [-0.15, -0.1) is 0 Å². The molecule has 0 radical (unpaired) electrons. The van der Waals surface area contributed by atoms with Crippen LogP contribution in [0.4, 0.5) is 11.6 Å². The molecule has 0 saturated heterocycles. The lowest BCUT2D eigenvalue weighted by atomic mass is 10.3. The number of hydrogen-bond acceptors (Lipinski definition) is 5. The van der Waals surface area contributed by atoms with Crippen molar-refractivity contribution in [1.82, 2.24) is 9.97 Å². The third kappa shape index (κ3) is 2.74. The first kappa shape index (κ1) is 12.9. The number of thiophene rings is 1. The second kappa shape index (κ2) is 5.46. The van der Waals surface area contributed by atoms with Crippen LogP contribution in [0.25, 0.3) is 0 Å². The van der Waals surface area contributed by atoms with Crippen molar-refractivity contribution in [3.63, 3.8) is 0 Å². The fraction of sp³-hybridized carbons (Fsp3) is 0.385. The quantitative estimate of drug-likeness (QED) is 0.905. The van der Waals surface area contributed by atoms with Gasteiger partial charge in [0.2, 0.25) is 0 Å². The van der Waals surface area contributed by atoms with Gasteiger partial charge in [0.1, 0.15) is 22.4 Å². The predicted molar refractivity (Wildman–Crippen MR) is 82.8 cm³/mol. The topological polar surface area (TPSA) is 41.1 Å². The summed E-state index contributed by atoms with van der Waals surface area (Å²) in [5, 5.41) is 7.40. The first-order valence-corrected chi connectivity index (χ1v) is 7.99. The summed E-state index contributed by atoms with van der Waals surface area (Å²) in [6, 6.07) is 2.78. The summed E-state index contributed by atoms with van der Waals surface area (Å²) in [7, 11) is 1.87. The summed E-state index contributed by atoms with van der Waals surface area (Å²) in [6.45, 7) is 0.910. The maximum Gasteiger partial charge on any atom is 0.149 e. The Morgan fingerprint density at radius 2 is 2.32 bits per heavy atom. The molecule has 100 valence electrons. The molecule has 1 fully saturated rings. The molecule has 1 aliphatic rings. The van der Waals surface area contributed by atoms with Crippen molar-refractivity contribution in [2.24, 2.45) is 0 Å². The molecule has 1 saturated carbocycles. The number of rotatable bonds is 5. The maximum atomic E-state index is 4.46. The lowest BCUT2D eigenvalue weighted by Crippen LogP contribution is -2.26. The Bertz CT molecular complexity index is 554. The number of nitrogens with one attached hydrogen (secondary N) is 1. The second-order valence-electron chi connectivity index (χ2n) is 4.60. The Morgan fingerprint density at radius 1 is 1.47 bits per heavy atom. The van der Waals surface area contributed by atoms with E-state index in [1.54, 1.807) is 17.7 Å². The highest BCUT2D eigenvalue weighted by Crippen LogP contribution is 2.37. The Hall–Kier alpha value is -1.14. The summed E-state index contributed by atoms with van der Waals surface area (Å²) < 4.78 is 0.944. The molecule has 0 spiro atoms. The zero-order chi connectivity index (χ0) is 13.2. The van der Waals surface area contributed by atoms with Gasteiger partial charge in [-0.05, 0) is 51.2 Å². The Labute approximate surface area is 125 Å². The fourth-order valence-electron chi connectivity index (χ4n) is 2.08. The average Bonchev–Trinajstić information content (AvgIpc) is 3.14. The molecule has 2 heterocycles. The second-order valence-corrected chi connectivity index (χ2v) is 6.17. The van der Waals surface area contributed by atoms with Crippen molar-refractivity contribution in [2.45, 2.75) is 25.4 Å². The molecule has 1 N–H and O–H groups in total. The molecular weight excluding hydrogens is 324 g/mol. The molecule has 6 heteroatoms. The van der Waals surface area contributed by atoms with E-state index in [0.29, 0.717) is 6.04 Å². The van der Waals surface area contributed by atoms with Gasteiger partial charge in [0.05, 0.1) is 0 Å². The van der Waals surface area contributed by atoms with Gasteiger partial charge < -0.3 is 10.2 Å². The first-order valence-electron chi connectivity index (χ1n) is 6.25. The van der Waals surface area contributed by atoms with Gasteiger partial charge in [-0.2, -0.15) is 11.3 Å². The van der Waals surface area contributed by atoms with Gasteiger partial charge in [-0.25, -0.2) is 9.97 Å². The molecule has 4 nitrogen and oxygen atoms in total. The van der Waals surface area contributed by atoms with Gasteiger partial charge in [-0.1, -0.05) is 0 Å². The summed E-state index contributed by atoms with van der Waals surface area (Å²) in [6.07, 6.45) is 4.11. The van der Waals surface area contributed by atoms with Crippen LogP contribution in [0, 0.1) is 0 Å². The van der Waals surface area contributed by atoms with Gasteiger partial charge >= 0.3 is 0 Å². The standard InChI is InChI=1S/C13H15BrN4S/c1-15-12-11(14)13(17-8-16-12)18(10-2-3-10)6-9-4-5-19-7-9/h4-5,7-8,10H,2-3,6H2,1H3,(H,15,16,17). The van der Waals surface area contributed by atoms with E-state index >= 15 is 0 Å². The van der Waals surface area contributed by atoms with Crippen LogP contribution in [0.1, 0.15) is 18.4 Å². The number of anilines is 2. The van der Waals surface area contributed by atoms with E-state index in [1.807, 2.05) is 7.05 Å². The molecular formula is C13H15BrN4S. The molecule has 0 aliphatic heterocycles. The van der Waals surface area contributed by atoms with Crippen molar-refractivity contribution < 1.29 is 0 Å². The molecule has 0 unspecified atom stereocenters. The Balaban J connectivity index is 1.92. The SMILES string of the molecule is CNc1ncnc(N(Cc2ccsc2)C2CC2)c1Br. The number of halogens is 1. The fourth-order valence-corrected chi connectivity index (χ4v) is 3.37. The summed E-state index contributed by atoms with van der Waals surface area (Å²) >= 11 is 5.35. The van der Waals surface area contributed by atoms with Crippen LogP contribution in [-0.2, 0) is 6.54 Å². The van der Waals surface area contributed by atoms with Crippen molar-refractivity contribution in [3.8, 4) is 0 Å². The molecule has 0 atom stereocenters. The zero-order valence-electron chi connectivity index (χ0n) is 10.6. The highest BCUT2D eigenvalue weighted by Gasteiger charge is 2.31. The van der Waals surface area contributed by atoms with Crippen molar-refractivity contribution in [3.05, 3.63) is 33.2 Å².